The van der Waals surface area contributed by atoms with Gasteiger partial charge in [-0.25, -0.2) is 0 Å². The van der Waals surface area contributed by atoms with Gasteiger partial charge in [-0.2, -0.15) is 0 Å². The highest BCUT2D eigenvalue weighted by atomic mass is 35.5. The van der Waals surface area contributed by atoms with Crippen molar-refractivity contribution in [2.45, 2.75) is 43.9 Å². The summed E-state index contributed by atoms with van der Waals surface area (Å²) in [6.07, 6.45) is 0.488. The van der Waals surface area contributed by atoms with E-state index in [-0.39, 0.29) is 23.9 Å². The first-order valence-electron chi connectivity index (χ1n) is 8.08. The molecule has 1 aliphatic heterocycles. The third kappa shape index (κ3) is 2.91. The molecule has 0 spiro atoms. The minimum atomic E-state index is -0.432. The van der Waals surface area contributed by atoms with Crippen LogP contribution in [0.4, 0.5) is 0 Å². The summed E-state index contributed by atoms with van der Waals surface area (Å²) in [5.41, 5.74) is 2.08. The molecule has 1 fully saturated rings. The predicted octanol–water partition coefficient (Wildman–Crippen LogP) is 3.87. The topological polar surface area (TPSA) is 23.5 Å². The van der Waals surface area contributed by atoms with Gasteiger partial charge in [0.1, 0.15) is 0 Å². The molecular weight excluding hydrogens is 306 g/mol. The van der Waals surface area contributed by atoms with Crippen molar-refractivity contribution in [3.8, 4) is 0 Å². The van der Waals surface area contributed by atoms with Crippen molar-refractivity contribution < 1.29 is 5.11 Å². The Labute approximate surface area is 145 Å². The summed E-state index contributed by atoms with van der Waals surface area (Å²) >= 11 is 0. The van der Waals surface area contributed by atoms with Gasteiger partial charge in [-0.05, 0) is 38.4 Å². The van der Waals surface area contributed by atoms with Crippen LogP contribution in [0.2, 0.25) is 0 Å². The van der Waals surface area contributed by atoms with Crippen molar-refractivity contribution in [3.63, 3.8) is 0 Å². The van der Waals surface area contributed by atoms with Crippen LogP contribution in [-0.2, 0) is 5.41 Å². The van der Waals surface area contributed by atoms with E-state index < -0.39 is 6.10 Å². The summed E-state index contributed by atoms with van der Waals surface area (Å²) in [6, 6.07) is 21.5. The summed E-state index contributed by atoms with van der Waals surface area (Å²) in [7, 11) is 2.11. The molecular formula is C20H26ClNO. The lowest BCUT2D eigenvalue weighted by atomic mass is 9.62. The van der Waals surface area contributed by atoms with Crippen LogP contribution in [0.3, 0.4) is 0 Å². The Bertz CT molecular complexity index is 577. The molecule has 23 heavy (non-hydrogen) atoms. The normalized spacial score (nSPS) is 27.2. The second kappa shape index (κ2) is 7.04. The van der Waals surface area contributed by atoms with E-state index in [9.17, 15) is 5.11 Å². The van der Waals surface area contributed by atoms with Gasteiger partial charge in [0, 0.05) is 17.5 Å². The lowest BCUT2D eigenvalue weighted by Crippen LogP contribution is -2.61. The van der Waals surface area contributed by atoms with E-state index in [1.807, 2.05) is 12.1 Å². The molecule has 0 radical (unpaired) electrons. The number of benzene rings is 2. The summed E-state index contributed by atoms with van der Waals surface area (Å²) in [6.45, 7) is 4.38. The van der Waals surface area contributed by atoms with Crippen molar-refractivity contribution in [1.29, 1.82) is 0 Å². The Balaban J connectivity index is 0.00000192. The molecule has 2 aromatic carbocycles. The molecule has 124 valence electrons. The van der Waals surface area contributed by atoms with Crippen molar-refractivity contribution in [3.05, 3.63) is 71.8 Å². The number of aliphatic hydroxyl groups is 1. The van der Waals surface area contributed by atoms with Crippen molar-refractivity contribution in [1.82, 2.24) is 4.90 Å². The molecule has 3 rings (SSSR count). The Morgan fingerprint density at radius 1 is 0.913 bits per heavy atom. The average molecular weight is 332 g/mol. The maximum Gasteiger partial charge on any atom is 0.0830 e. The standard InChI is InChI=1S/C20H25NO.ClH/c1-15-14-20(17-10-6-4-7-11-17,18-12-8-5-9-13-18)19(22)16(2)21(15)3;/h4-13,15-16,19,22H,14H2,1-3H3;1H. The number of nitrogens with zero attached hydrogens (tertiary/aromatic N) is 1. The van der Waals surface area contributed by atoms with Gasteiger partial charge in [0.2, 0.25) is 0 Å². The van der Waals surface area contributed by atoms with Crippen molar-refractivity contribution >= 4 is 12.4 Å². The second-order valence-corrected chi connectivity index (χ2v) is 6.61. The highest BCUT2D eigenvalue weighted by Crippen LogP contribution is 2.45. The van der Waals surface area contributed by atoms with E-state index in [1.165, 1.54) is 11.1 Å². The summed E-state index contributed by atoms with van der Waals surface area (Å²) in [5, 5.41) is 11.2. The zero-order valence-corrected chi connectivity index (χ0v) is 14.8. The first-order chi connectivity index (χ1) is 10.6. The molecule has 1 N–H and O–H groups in total. The molecule has 0 aromatic heterocycles. The lowest BCUT2D eigenvalue weighted by molar-refractivity contribution is -0.0399. The number of piperidine rings is 1. The van der Waals surface area contributed by atoms with Gasteiger partial charge in [-0.1, -0.05) is 60.7 Å². The fourth-order valence-electron chi connectivity index (χ4n) is 3.98. The minimum Gasteiger partial charge on any atom is -0.390 e. The molecule has 3 unspecified atom stereocenters. The summed E-state index contributed by atoms with van der Waals surface area (Å²) in [4.78, 5) is 2.29. The van der Waals surface area contributed by atoms with Crippen LogP contribution in [0.1, 0.15) is 31.4 Å². The minimum absolute atomic E-state index is 0. The Kier molecular flexibility index (Phi) is 5.51. The summed E-state index contributed by atoms with van der Waals surface area (Å²) in [5.74, 6) is 0. The molecule has 0 aliphatic carbocycles. The smallest absolute Gasteiger partial charge is 0.0830 e. The highest BCUT2D eigenvalue weighted by molar-refractivity contribution is 5.85. The molecule has 1 saturated heterocycles. The molecule has 2 aromatic rings. The first kappa shape index (κ1) is 18.0. The molecule has 0 bridgehead atoms. The number of hydrogen-bond acceptors (Lipinski definition) is 2. The molecule has 3 heteroatoms. The van der Waals surface area contributed by atoms with E-state index in [1.54, 1.807) is 0 Å². The van der Waals surface area contributed by atoms with Crippen LogP contribution in [0.25, 0.3) is 0 Å². The highest BCUT2D eigenvalue weighted by Gasteiger charge is 2.49. The number of likely N-dealkylation sites (N-methyl/N-ethyl adjacent to an activating group) is 1. The van der Waals surface area contributed by atoms with Crippen LogP contribution in [0.5, 0.6) is 0 Å². The number of hydrogen-bond donors (Lipinski definition) is 1. The quantitative estimate of drug-likeness (QED) is 0.903. The molecule has 0 amide bonds. The molecule has 1 aliphatic rings. The van der Waals surface area contributed by atoms with Crippen molar-refractivity contribution in [2.24, 2.45) is 0 Å². The summed E-state index contributed by atoms with van der Waals surface area (Å²) < 4.78 is 0. The van der Waals surface area contributed by atoms with Crippen molar-refractivity contribution in [2.75, 3.05) is 7.05 Å². The molecule has 3 atom stereocenters. The van der Waals surface area contributed by atoms with E-state index >= 15 is 0 Å². The SMILES string of the molecule is CC1CC(c2ccccc2)(c2ccccc2)C(O)C(C)N1C.Cl. The van der Waals surface area contributed by atoms with Crippen LogP contribution < -0.4 is 0 Å². The second-order valence-electron chi connectivity index (χ2n) is 6.61. The average Bonchev–Trinajstić information content (AvgIpc) is 2.58. The first-order valence-corrected chi connectivity index (χ1v) is 8.08. The van der Waals surface area contributed by atoms with Gasteiger partial charge in [-0.15, -0.1) is 12.4 Å². The van der Waals surface area contributed by atoms with E-state index in [0.717, 1.165) is 6.42 Å². The van der Waals surface area contributed by atoms with Gasteiger partial charge < -0.3 is 5.11 Å². The zero-order valence-electron chi connectivity index (χ0n) is 14.0. The van der Waals surface area contributed by atoms with E-state index in [2.05, 4.69) is 74.3 Å². The van der Waals surface area contributed by atoms with Gasteiger partial charge in [-0.3, -0.25) is 4.90 Å². The maximum atomic E-state index is 11.2. The molecule has 2 nitrogen and oxygen atoms in total. The van der Waals surface area contributed by atoms with Gasteiger partial charge >= 0.3 is 0 Å². The van der Waals surface area contributed by atoms with E-state index in [4.69, 9.17) is 0 Å². The third-order valence-corrected chi connectivity index (χ3v) is 5.49. The van der Waals surface area contributed by atoms with Gasteiger partial charge in [0.25, 0.3) is 0 Å². The van der Waals surface area contributed by atoms with Crippen LogP contribution in [0.15, 0.2) is 60.7 Å². The predicted molar refractivity (Wildman–Crippen MR) is 98.2 cm³/mol. The molecule has 0 saturated carbocycles. The monoisotopic (exact) mass is 331 g/mol. The van der Waals surface area contributed by atoms with Crippen LogP contribution >= 0.6 is 12.4 Å². The van der Waals surface area contributed by atoms with E-state index in [0.29, 0.717) is 6.04 Å². The van der Waals surface area contributed by atoms with Crippen LogP contribution in [0, 0.1) is 0 Å². The number of rotatable bonds is 2. The number of aliphatic hydroxyl groups excluding tert-OH is 1. The Hall–Kier alpha value is -1.35. The fraction of sp³-hybridized carbons (Fsp3) is 0.400. The lowest BCUT2D eigenvalue weighted by Gasteiger charge is -2.52. The number of likely N-dealkylation sites (tertiary alicyclic amines) is 1. The Morgan fingerprint density at radius 2 is 1.35 bits per heavy atom. The van der Waals surface area contributed by atoms with Crippen LogP contribution in [-0.4, -0.2) is 35.2 Å². The third-order valence-electron chi connectivity index (χ3n) is 5.49. The van der Waals surface area contributed by atoms with Gasteiger partial charge in [0.05, 0.1) is 6.10 Å². The molecule has 1 heterocycles. The fourth-order valence-corrected chi connectivity index (χ4v) is 3.98. The van der Waals surface area contributed by atoms with Gasteiger partial charge in [0.15, 0.2) is 0 Å². The maximum absolute atomic E-state index is 11.2. The largest absolute Gasteiger partial charge is 0.390 e. The zero-order chi connectivity index (χ0) is 15.7. The Morgan fingerprint density at radius 3 is 1.78 bits per heavy atom. The number of halogens is 1.